The van der Waals surface area contributed by atoms with Crippen molar-refractivity contribution >= 4 is 23.4 Å². The van der Waals surface area contributed by atoms with Gasteiger partial charge in [0.05, 0.1) is 12.4 Å². The van der Waals surface area contributed by atoms with Crippen LogP contribution in [0.15, 0.2) is 25.0 Å². The third kappa shape index (κ3) is 4.13. The summed E-state index contributed by atoms with van der Waals surface area (Å²) >= 11 is 1.82. The molecule has 5 heteroatoms. The summed E-state index contributed by atoms with van der Waals surface area (Å²) in [5.41, 5.74) is 5.40. The third-order valence-electron chi connectivity index (χ3n) is 1.46. The Balaban J connectivity index is 2.18. The molecule has 4 nitrogen and oxygen atoms in total. The normalized spacial score (nSPS) is 9.71. The van der Waals surface area contributed by atoms with Crippen LogP contribution < -0.4 is 11.1 Å². The van der Waals surface area contributed by atoms with Crippen molar-refractivity contribution in [3.63, 3.8) is 0 Å². The van der Waals surface area contributed by atoms with Crippen LogP contribution >= 0.6 is 11.8 Å². The highest BCUT2D eigenvalue weighted by atomic mass is 32.2. The zero-order valence-corrected chi connectivity index (χ0v) is 8.76. The molecule has 1 rings (SSSR count). The Morgan fingerprint density at radius 3 is 3.00 bits per heavy atom. The van der Waals surface area contributed by atoms with Crippen LogP contribution in [0, 0.1) is 0 Å². The Labute approximate surface area is 88.0 Å². The van der Waals surface area contributed by atoms with Crippen molar-refractivity contribution in [2.24, 2.45) is 0 Å². The number of nitrogen functional groups attached to an aromatic ring is 1. The minimum atomic E-state index is 0.441. The SMILES string of the molecule is C=CCSCCNc1cnc(N)cn1. The van der Waals surface area contributed by atoms with Gasteiger partial charge < -0.3 is 11.1 Å². The van der Waals surface area contributed by atoms with E-state index in [1.807, 2.05) is 17.8 Å². The summed E-state index contributed by atoms with van der Waals surface area (Å²) in [6.45, 7) is 4.52. The van der Waals surface area contributed by atoms with E-state index >= 15 is 0 Å². The van der Waals surface area contributed by atoms with E-state index in [0.717, 1.165) is 23.9 Å². The molecule has 0 atom stereocenters. The van der Waals surface area contributed by atoms with Crippen LogP contribution in [0.5, 0.6) is 0 Å². The third-order valence-corrected chi connectivity index (χ3v) is 2.42. The lowest BCUT2D eigenvalue weighted by molar-refractivity contribution is 1.13. The first-order chi connectivity index (χ1) is 6.83. The van der Waals surface area contributed by atoms with E-state index in [1.165, 1.54) is 0 Å². The predicted molar refractivity (Wildman–Crippen MR) is 62.5 cm³/mol. The van der Waals surface area contributed by atoms with E-state index in [2.05, 4.69) is 21.9 Å². The minimum absolute atomic E-state index is 0.441. The molecule has 76 valence electrons. The van der Waals surface area contributed by atoms with Gasteiger partial charge in [-0.25, -0.2) is 9.97 Å². The fraction of sp³-hybridized carbons (Fsp3) is 0.333. The largest absolute Gasteiger partial charge is 0.382 e. The highest BCUT2D eigenvalue weighted by Gasteiger charge is 1.93. The van der Waals surface area contributed by atoms with Gasteiger partial charge in [-0.15, -0.1) is 6.58 Å². The lowest BCUT2D eigenvalue weighted by Gasteiger charge is -2.03. The smallest absolute Gasteiger partial charge is 0.144 e. The number of thioether (sulfide) groups is 1. The molecular formula is C9H14N4S. The van der Waals surface area contributed by atoms with E-state index in [4.69, 9.17) is 5.73 Å². The topological polar surface area (TPSA) is 63.8 Å². The van der Waals surface area contributed by atoms with Crippen LogP contribution in [0.25, 0.3) is 0 Å². The molecule has 1 aromatic rings. The summed E-state index contributed by atoms with van der Waals surface area (Å²) in [6, 6.07) is 0. The lowest BCUT2D eigenvalue weighted by Crippen LogP contribution is -2.06. The maximum atomic E-state index is 5.40. The molecule has 0 saturated carbocycles. The molecule has 0 aliphatic heterocycles. The molecule has 0 saturated heterocycles. The number of aromatic nitrogens is 2. The molecule has 0 bridgehead atoms. The van der Waals surface area contributed by atoms with Crippen LogP contribution in [0.1, 0.15) is 0 Å². The van der Waals surface area contributed by atoms with Crippen molar-refractivity contribution in [1.82, 2.24) is 9.97 Å². The van der Waals surface area contributed by atoms with Crippen molar-refractivity contribution in [2.75, 3.05) is 29.1 Å². The molecule has 0 radical (unpaired) electrons. The molecule has 1 aromatic heterocycles. The highest BCUT2D eigenvalue weighted by Crippen LogP contribution is 2.03. The van der Waals surface area contributed by atoms with E-state index < -0.39 is 0 Å². The fourth-order valence-electron chi connectivity index (χ4n) is 0.847. The maximum Gasteiger partial charge on any atom is 0.144 e. The van der Waals surface area contributed by atoms with Crippen LogP contribution in [0.2, 0.25) is 0 Å². The monoisotopic (exact) mass is 210 g/mol. The molecule has 0 unspecified atom stereocenters. The molecule has 0 aromatic carbocycles. The summed E-state index contributed by atoms with van der Waals surface area (Å²) in [5.74, 6) is 3.21. The summed E-state index contributed by atoms with van der Waals surface area (Å²) in [5, 5.41) is 3.15. The Morgan fingerprint density at radius 1 is 1.50 bits per heavy atom. The van der Waals surface area contributed by atoms with Crippen molar-refractivity contribution in [2.45, 2.75) is 0 Å². The van der Waals surface area contributed by atoms with Gasteiger partial charge in [-0.2, -0.15) is 11.8 Å². The summed E-state index contributed by atoms with van der Waals surface area (Å²) in [7, 11) is 0. The number of nitrogens with one attached hydrogen (secondary N) is 1. The van der Waals surface area contributed by atoms with Gasteiger partial charge in [0, 0.05) is 18.1 Å². The number of nitrogens with zero attached hydrogens (tertiary/aromatic N) is 2. The van der Waals surface area contributed by atoms with Crippen molar-refractivity contribution < 1.29 is 0 Å². The van der Waals surface area contributed by atoms with Crippen LogP contribution in [-0.4, -0.2) is 28.0 Å². The average Bonchev–Trinajstić information content (AvgIpc) is 2.21. The quantitative estimate of drug-likeness (QED) is 0.549. The Morgan fingerprint density at radius 2 is 2.36 bits per heavy atom. The predicted octanol–water partition coefficient (Wildman–Crippen LogP) is 1.39. The zero-order valence-electron chi connectivity index (χ0n) is 7.94. The molecular weight excluding hydrogens is 196 g/mol. The van der Waals surface area contributed by atoms with Crippen molar-refractivity contribution in [3.05, 3.63) is 25.0 Å². The molecule has 0 aliphatic rings. The van der Waals surface area contributed by atoms with Gasteiger partial charge in [-0.3, -0.25) is 0 Å². The minimum Gasteiger partial charge on any atom is -0.382 e. The first-order valence-corrected chi connectivity index (χ1v) is 5.48. The van der Waals surface area contributed by atoms with Gasteiger partial charge in [0.1, 0.15) is 11.6 Å². The molecule has 0 fully saturated rings. The number of anilines is 2. The second-order valence-corrected chi connectivity index (χ2v) is 3.77. The van der Waals surface area contributed by atoms with Crippen molar-refractivity contribution in [1.29, 1.82) is 0 Å². The lowest BCUT2D eigenvalue weighted by atomic mass is 10.6. The van der Waals surface area contributed by atoms with Gasteiger partial charge >= 0.3 is 0 Å². The molecule has 0 spiro atoms. The first kappa shape index (κ1) is 10.8. The molecule has 14 heavy (non-hydrogen) atoms. The number of hydrogen-bond donors (Lipinski definition) is 2. The van der Waals surface area contributed by atoms with Gasteiger partial charge in [0.2, 0.25) is 0 Å². The maximum absolute atomic E-state index is 5.40. The second-order valence-electron chi connectivity index (χ2n) is 2.62. The molecule has 0 aliphatic carbocycles. The van der Waals surface area contributed by atoms with Crippen LogP contribution in [0.3, 0.4) is 0 Å². The average molecular weight is 210 g/mol. The summed E-state index contributed by atoms with van der Waals surface area (Å²) in [4.78, 5) is 7.99. The van der Waals surface area contributed by atoms with Crippen LogP contribution in [-0.2, 0) is 0 Å². The fourth-order valence-corrected chi connectivity index (χ4v) is 1.43. The van der Waals surface area contributed by atoms with E-state index in [9.17, 15) is 0 Å². The van der Waals surface area contributed by atoms with Crippen molar-refractivity contribution in [3.8, 4) is 0 Å². The first-order valence-electron chi connectivity index (χ1n) is 4.33. The number of hydrogen-bond acceptors (Lipinski definition) is 5. The summed E-state index contributed by atoms with van der Waals surface area (Å²) < 4.78 is 0. The van der Waals surface area contributed by atoms with E-state index in [0.29, 0.717) is 5.82 Å². The van der Waals surface area contributed by atoms with Gasteiger partial charge in [0.25, 0.3) is 0 Å². The number of rotatable bonds is 6. The summed E-state index contributed by atoms with van der Waals surface area (Å²) in [6.07, 6.45) is 5.07. The van der Waals surface area contributed by atoms with Gasteiger partial charge in [-0.1, -0.05) is 6.08 Å². The second kappa shape index (κ2) is 6.26. The van der Waals surface area contributed by atoms with Gasteiger partial charge in [-0.05, 0) is 0 Å². The zero-order chi connectivity index (χ0) is 10.2. The Kier molecular flexibility index (Phi) is 4.85. The van der Waals surface area contributed by atoms with E-state index in [-0.39, 0.29) is 0 Å². The highest BCUT2D eigenvalue weighted by molar-refractivity contribution is 7.99. The standard InChI is InChI=1S/C9H14N4S/c1-2-4-14-5-3-11-9-7-12-8(10)6-13-9/h2,6-7H,1,3-5H2,(H2,10,12)(H,11,13). The molecule has 1 heterocycles. The molecule has 0 amide bonds. The number of nitrogens with two attached hydrogens (primary N) is 1. The molecule has 3 N–H and O–H groups in total. The Bertz CT molecular complexity index is 273. The van der Waals surface area contributed by atoms with Crippen LogP contribution in [0.4, 0.5) is 11.6 Å². The van der Waals surface area contributed by atoms with Gasteiger partial charge in [0.15, 0.2) is 0 Å². The Hall–Kier alpha value is -1.23. The van der Waals surface area contributed by atoms with E-state index in [1.54, 1.807) is 12.4 Å².